The molecule has 170 valence electrons. The van der Waals surface area contributed by atoms with Crippen LogP contribution in [-0.4, -0.2) is 68.1 Å². The first-order chi connectivity index (χ1) is 15.7. The maximum Gasteiger partial charge on any atom is 0.222 e. The van der Waals surface area contributed by atoms with E-state index in [0.717, 1.165) is 62.9 Å². The first-order valence-corrected chi connectivity index (χ1v) is 11.4. The van der Waals surface area contributed by atoms with E-state index in [1.165, 1.54) is 5.69 Å². The van der Waals surface area contributed by atoms with E-state index in [9.17, 15) is 4.79 Å². The maximum atomic E-state index is 11.7. The molecule has 0 radical (unpaired) electrons. The van der Waals surface area contributed by atoms with Crippen LogP contribution in [-0.2, 0) is 11.3 Å². The molecule has 3 N–H and O–H groups in total. The zero-order chi connectivity index (χ0) is 22.3. The first kappa shape index (κ1) is 21.9. The number of primary amides is 1. The summed E-state index contributed by atoms with van der Waals surface area (Å²) in [5.74, 6) is 1.50. The van der Waals surface area contributed by atoms with Gasteiger partial charge in [-0.05, 0) is 31.0 Å². The summed E-state index contributed by atoms with van der Waals surface area (Å²) in [6.07, 6.45) is 3.61. The van der Waals surface area contributed by atoms with Crippen LogP contribution >= 0.6 is 0 Å². The number of piperazine rings is 1. The monoisotopic (exact) mass is 435 g/mol. The minimum atomic E-state index is -0.222. The van der Waals surface area contributed by atoms with Gasteiger partial charge in [-0.25, -0.2) is 4.98 Å². The smallest absolute Gasteiger partial charge is 0.222 e. The second-order valence-electron chi connectivity index (χ2n) is 8.38. The topological polar surface area (TPSA) is 90.1 Å². The number of piperidine rings is 1. The molecule has 3 heterocycles. The molecular weight excluding hydrogens is 402 g/mol. The molecule has 2 aliphatic heterocycles. The van der Waals surface area contributed by atoms with Crippen LogP contribution in [0.5, 0.6) is 0 Å². The lowest BCUT2D eigenvalue weighted by atomic mass is 9.97. The van der Waals surface area contributed by atoms with Gasteiger partial charge in [0.15, 0.2) is 5.96 Å². The summed E-state index contributed by atoms with van der Waals surface area (Å²) < 4.78 is 0. The Hall–Kier alpha value is -3.29. The SMILES string of the molecule is CN=C(NCc1cccnc1N1CCCC(C(N)=O)C1)N1CCN(c2ccccc2)CC1. The third-order valence-electron chi connectivity index (χ3n) is 6.34. The predicted octanol–water partition coefficient (Wildman–Crippen LogP) is 1.68. The number of hydrogen-bond acceptors (Lipinski definition) is 5. The molecule has 0 aliphatic carbocycles. The van der Waals surface area contributed by atoms with Gasteiger partial charge in [0.05, 0.1) is 5.92 Å². The van der Waals surface area contributed by atoms with Crippen molar-refractivity contribution in [2.24, 2.45) is 16.6 Å². The molecule has 4 rings (SSSR count). The molecule has 1 aromatic carbocycles. The predicted molar refractivity (Wildman–Crippen MR) is 129 cm³/mol. The Bertz CT molecular complexity index is 925. The summed E-state index contributed by atoms with van der Waals surface area (Å²) in [5.41, 5.74) is 7.94. The molecule has 32 heavy (non-hydrogen) atoms. The van der Waals surface area contributed by atoms with Crippen LogP contribution in [0.1, 0.15) is 18.4 Å². The normalized spacial score (nSPS) is 19.7. The van der Waals surface area contributed by atoms with Crippen molar-refractivity contribution in [1.82, 2.24) is 15.2 Å². The van der Waals surface area contributed by atoms with E-state index in [0.29, 0.717) is 13.1 Å². The van der Waals surface area contributed by atoms with Crippen LogP contribution in [0.15, 0.2) is 53.7 Å². The molecule has 2 aliphatic rings. The highest BCUT2D eigenvalue weighted by molar-refractivity contribution is 5.80. The first-order valence-electron chi connectivity index (χ1n) is 11.4. The maximum absolute atomic E-state index is 11.7. The van der Waals surface area contributed by atoms with Crippen LogP contribution in [0.3, 0.4) is 0 Å². The fourth-order valence-corrected chi connectivity index (χ4v) is 4.58. The molecule has 0 saturated carbocycles. The Morgan fingerprint density at radius 2 is 1.88 bits per heavy atom. The van der Waals surface area contributed by atoms with Crippen molar-refractivity contribution in [3.05, 3.63) is 54.2 Å². The Morgan fingerprint density at radius 1 is 1.09 bits per heavy atom. The fourth-order valence-electron chi connectivity index (χ4n) is 4.58. The number of anilines is 2. The van der Waals surface area contributed by atoms with Crippen LogP contribution < -0.4 is 20.9 Å². The third-order valence-corrected chi connectivity index (χ3v) is 6.34. The number of nitrogens with two attached hydrogens (primary N) is 1. The van der Waals surface area contributed by atoms with Gasteiger partial charge in [0.2, 0.25) is 5.91 Å². The van der Waals surface area contributed by atoms with Gasteiger partial charge in [-0.15, -0.1) is 0 Å². The summed E-state index contributed by atoms with van der Waals surface area (Å²) in [6, 6.07) is 14.6. The number of rotatable bonds is 5. The van der Waals surface area contributed by atoms with Crippen molar-refractivity contribution in [2.75, 3.05) is 56.1 Å². The van der Waals surface area contributed by atoms with Gasteiger partial charge in [0, 0.05) is 70.3 Å². The summed E-state index contributed by atoms with van der Waals surface area (Å²) in [4.78, 5) is 27.8. The number of carbonyl (C=O) groups excluding carboxylic acids is 1. The Balaban J connectivity index is 1.36. The van der Waals surface area contributed by atoms with Crippen LogP contribution in [0.25, 0.3) is 0 Å². The average molecular weight is 436 g/mol. The molecule has 1 aromatic heterocycles. The lowest BCUT2D eigenvalue weighted by Crippen LogP contribution is -2.52. The molecule has 0 spiro atoms. The van der Waals surface area contributed by atoms with E-state index >= 15 is 0 Å². The number of benzene rings is 1. The summed E-state index contributed by atoms with van der Waals surface area (Å²) >= 11 is 0. The standard InChI is InChI=1S/C24H33N7O/c1-26-24(30-15-13-29(14-16-30)21-9-3-2-4-10-21)28-17-19-7-5-11-27-23(19)31-12-6-8-20(18-31)22(25)32/h2-5,7,9-11,20H,6,8,12-18H2,1H3,(H2,25,32)(H,26,28). The number of para-hydroxylation sites is 1. The van der Waals surface area contributed by atoms with Crippen LogP contribution in [0, 0.1) is 5.92 Å². The minimum absolute atomic E-state index is 0.111. The summed E-state index contributed by atoms with van der Waals surface area (Å²) in [5, 5.41) is 3.52. The van der Waals surface area contributed by atoms with Gasteiger partial charge < -0.3 is 25.8 Å². The number of pyridine rings is 1. The molecule has 1 amide bonds. The summed E-state index contributed by atoms with van der Waals surface area (Å²) in [7, 11) is 1.83. The highest BCUT2D eigenvalue weighted by Crippen LogP contribution is 2.24. The molecular formula is C24H33N7O. The Labute approximate surface area is 190 Å². The zero-order valence-electron chi connectivity index (χ0n) is 18.8. The zero-order valence-corrected chi connectivity index (χ0v) is 18.8. The molecule has 1 atom stereocenters. The Kier molecular flexibility index (Phi) is 7.09. The van der Waals surface area contributed by atoms with Crippen LogP contribution in [0.4, 0.5) is 11.5 Å². The van der Waals surface area contributed by atoms with Gasteiger partial charge in [0.1, 0.15) is 5.82 Å². The van der Waals surface area contributed by atoms with Gasteiger partial charge in [-0.3, -0.25) is 9.79 Å². The quantitative estimate of drug-likeness (QED) is 0.549. The highest BCUT2D eigenvalue weighted by Gasteiger charge is 2.26. The second-order valence-corrected chi connectivity index (χ2v) is 8.38. The van der Waals surface area contributed by atoms with E-state index in [1.807, 2.05) is 19.3 Å². The van der Waals surface area contributed by atoms with E-state index in [1.54, 1.807) is 0 Å². The Morgan fingerprint density at radius 3 is 2.59 bits per heavy atom. The number of guanidine groups is 1. The molecule has 0 bridgehead atoms. The van der Waals surface area contributed by atoms with Crippen molar-refractivity contribution >= 4 is 23.4 Å². The van der Waals surface area contributed by atoms with E-state index < -0.39 is 0 Å². The van der Waals surface area contributed by atoms with Gasteiger partial charge in [-0.2, -0.15) is 0 Å². The number of amides is 1. The van der Waals surface area contributed by atoms with Gasteiger partial charge >= 0.3 is 0 Å². The average Bonchev–Trinajstić information content (AvgIpc) is 2.85. The number of aliphatic imine (C=N–C) groups is 1. The summed E-state index contributed by atoms with van der Waals surface area (Å²) in [6.45, 7) is 5.92. The molecule has 8 heteroatoms. The van der Waals surface area contributed by atoms with Gasteiger partial charge in [-0.1, -0.05) is 24.3 Å². The molecule has 2 saturated heterocycles. The van der Waals surface area contributed by atoms with E-state index in [4.69, 9.17) is 5.73 Å². The molecule has 2 aromatic rings. The largest absolute Gasteiger partial charge is 0.369 e. The van der Waals surface area contributed by atoms with Crippen molar-refractivity contribution in [1.29, 1.82) is 0 Å². The van der Waals surface area contributed by atoms with Crippen molar-refractivity contribution < 1.29 is 4.79 Å². The lowest BCUT2D eigenvalue weighted by Gasteiger charge is -2.38. The van der Waals surface area contributed by atoms with E-state index in [2.05, 4.69) is 66.4 Å². The number of nitrogens with one attached hydrogen (secondary N) is 1. The number of nitrogens with zero attached hydrogens (tertiary/aromatic N) is 5. The third kappa shape index (κ3) is 5.12. The molecule has 2 fully saturated rings. The van der Waals surface area contributed by atoms with E-state index in [-0.39, 0.29) is 11.8 Å². The molecule has 1 unspecified atom stereocenters. The second kappa shape index (κ2) is 10.3. The van der Waals surface area contributed by atoms with Crippen LogP contribution in [0.2, 0.25) is 0 Å². The van der Waals surface area contributed by atoms with Crippen molar-refractivity contribution in [2.45, 2.75) is 19.4 Å². The van der Waals surface area contributed by atoms with Gasteiger partial charge in [0.25, 0.3) is 0 Å². The van der Waals surface area contributed by atoms with Crippen molar-refractivity contribution in [3.8, 4) is 0 Å². The minimum Gasteiger partial charge on any atom is -0.369 e. The van der Waals surface area contributed by atoms with Crippen molar-refractivity contribution in [3.63, 3.8) is 0 Å². The molecule has 8 nitrogen and oxygen atoms in total. The number of hydrogen-bond donors (Lipinski definition) is 2. The lowest BCUT2D eigenvalue weighted by molar-refractivity contribution is -0.122. The highest BCUT2D eigenvalue weighted by atomic mass is 16.1. The number of aromatic nitrogens is 1. The fraction of sp³-hybridized carbons (Fsp3) is 0.458. The number of carbonyl (C=O) groups is 1.